The fourth-order valence-electron chi connectivity index (χ4n) is 4.63. The van der Waals surface area contributed by atoms with Gasteiger partial charge in [0.05, 0.1) is 6.54 Å². The molecule has 1 saturated carbocycles. The van der Waals surface area contributed by atoms with E-state index in [9.17, 15) is 0 Å². The molecular formula is C24H30N2. The van der Waals surface area contributed by atoms with Crippen LogP contribution in [0, 0.1) is 19.3 Å². The summed E-state index contributed by atoms with van der Waals surface area (Å²) in [5, 5.41) is 3.77. The average molecular weight is 347 g/mol. The molecule has 4 rings (SSSR count). The number of anilines is 1. The molecule has 2 nitrogen and oxygen atoms in total. The number of benzene rings is 2. The van der Waals surface area contributed by atoms with E-state index >= 15 is 0 Å². The quantitative estimate of drug-likeness (QED) is 0.687. The molecule has 1 spiro atoms. The number of aryl methyl sites for hydroxylation is 2. The minimum atomic E-state index is 0.208. The van der Waals surface area contributed by atoms with Crippen molar-refractivity contribution in [3.8, 4) is 0 Å². The second kappa shape index (κ2) is 7.26. The van der Waals surface area contributed by atoms with Gasteiger partial charge in [0.1, 0.15) is 5.84 Å². The van der Waals surface area contributed by atoms with Crippen LogP contribution in [-0.4, -0.2) is 5.84 Å². The summed E-state index contributed by atoms with van der Waals surface area (Å²) in [6.45, 7) is 5.20. The highest BCUT2D eigenvalue weighted by molar-refractivity contribution is 6.02. The third kappa shape index (κ3) is 3.42. The minimum Gasteiger partial charge on any atom is -0.343 e. The summed E-state index contributed by atoms with van der Waals surface area (Å²) >= 11 is 0. The molecule has 0 atom stereocenters. The number of nitrogens with zero attached hydrogens (tertiary/aromatic N) is 1. The molecule has 26 heavy (non-hydrogen) atoms. The van der Waals surface area contributed by atoms with Crippen LogP contribution in [-0.2, 0) is 13.0 Å². The number of fused-ring (bicyclic) bond motifs is 1. The first-order valence-corrected chi connectivity index (χ1v) is 10.1. The third-order valence-electron chi connectivity index (χ3n) is 6.33. The van der Waals surface area contributed by atoms with E-state index in [1.807, 2.05) is 0 Å². The molecule has 2 aliphatic rings. The van der Waals surface area contributed by atoms with Crippen molar-refractivity contribution in [3.05, 3.63) is 64.7 Å². The van der Waals surface area contributed by atoms with Gasteiger partial charge in [-0.15, -0.1) is 0 Å². The van der Waals surface area contributed by atoms with E-state index in [0.717, 1.165) is 13.0 Å². The van der Waals surface area contributed by atoms with Crippen LogP contribution in [0.15, 0.2) is 47.5 Å². The van der Waals surface area contributed by atoms with E-state index in [1.165, 1.54) is 72.3 Å². The van der Waals surface area contributed by atoms with Gasteiger partial charge in [0, 0.05) is 11.1 Å². The molecule has 0 saturated heterocycles. The highest BCUT2D eigenvalue weighted by Gasteiger charge is 2.40. The van der Waals surface area contributed by atoms with Gasteiger partial charge in [-0.25, -0.2) is 0 Å². The molecule has 1 aliphatic carbocycles. The number of rotatable bonds is 2. The van der Waals surface area contributed by atoms with Crippen molar-refractivity contribution >= 4 is 11.5 Å². The summed E-state index contributed by atoms with van der Waals surface area (Å²) in [4.78, 5) is 5.13. The number of hydrogen-bond acceptors (Lipinski definition) is 1. The Labute approximate surface area is 157 Å². The van der Waals surface area contributed by atoms with E-state index in [1.54, 1.807) is 0 Å². The van der Waals surface area contributed by atoms with Gasteiger partial charge in [-0.1, -0.05) is 62.1 Å². The van der Waals surface area contributed by atoms with Crippen molar-refractivity contribution in [2.75, 3.05) is 5.32 Å². The standard InChI is InChI=1S/C24H30N2/c1-18-14-21-16-24(12-8-3-4-9-13-24)23(26-22(21)15-19(18)2)25-17-20-10-6-5-7-11-20/h5-7,10-11,14-15H,3-4,8-9,12-13,16-17H2,1-2H3,(H,25,26). The van der Waals surface area contributed by atoms with Crippen LogP contribution in [0.2, 0.25) is 0 Å². The molecule has 0 unspecified atom stereocenters. The SMILES string of the molecule is Cc1cc2c(cc1C)NC(=NCc1ccccc1)C1(CCCCCC1)C2. The fourth-order valence-corrected chi connectivity index (χ4v) is 4.63. The predicted octanol–water partition coefficient (Wildman–Crippen LogP) is 6.21. The molecule has 2 aromatic rings. The van der Waals surface area contributed by atoms with Gasteiger partial charge < -0.3 is 5.32 Å². The summed E-state index contributed by atoms with van der Waals surface area (Å²) in [5.74, 6) is 1.24. The predicted molar refractivity (Wildman–Crippen MR) is 111 cm³/mol. The second-order valence-corrected chi connectivity index (χ2v) is 8.24. The molecule has 0 aromatic heterocycles. The van der Waals surface area contributed by atoms with E-state index in [2.05, 4.69) is 61.6 Å². The van der Waals surface area contributed by atoms with Gasteiger partial charge in [0.15, 0.2) is 0 Å². The summed E-state index contributed by atoms with van der Waals surface area (Å²) in [6.07, 6.45) is 9.06. The number of hydrogen-bond donors (Lipinski definition) is 1. The van der Waals surface area contributed by atoms with Crippen LogP contribution in [0.1, 0.15) is 60.8 Å². The third-order valence-corrected chi connectivity index (χ3v) is 6.33. The van der Waals surface area contributed by atoms with E-state index in [0.29, 0.717) is 0 Å². The van der Waals surface area contributed by atoms with E-state index in [-0.39, 0.29) is 5.41 Å². The lowest BCUT2D eigenvalue weighted by Gasteiger charge is -2.40. The lowest BCUT2D eigenvalue weighted by molar-refractivity contribution is 0.354. The summed E-state index contributed by atoms with van der Waals surface area (Å²) in [5.41, 5.74) is 7.01. The van der Waals surface area contributed by atoms with Crippen molar-refractivity contribution in [2.24, 2.45) is 10.4 Å². The number of nitrogens with one attached hydrogen (secondary N) is 1. The van der Waals surface area contributed by atoms with Crippen LogP contribution in [0.3, 0.4) is 0 Å². The molecule has 1 aliphatic heterocycles. The van der Waals surface area contributed by atoms with Crippen molar-refractivity contribution in [3.63, 3.8) is 0 Å². The van der Waals surface area contributed by atoms with Gasteiger partial charge in [0.25, 0.3) is 0 Å². The molecule has 1 fully saturated rings. The molecular weight excluding hydrogens is 316 g/mol. The smallest absolute Gasteiger partial charge is 0.108 e. The Morgan fingerprint density at radius 1 is 0.923 bits per heavy atom. The van der Waals surface area contributed by atoms with Gasteiger partial charge in [-0.05, 0) is 61.4 Å². The molecule has 0 bridgehead atoms. The molecule has 136 valence electrons. The molecule has 0 amide bonds. The molecule has 0 radical (unpaired) electrons. The maximum absolute atomic E-state index is 5.13. The first-order chi connectivity index (χ1) is 12.7. The largest absolute Gasteiger partial charge is 0.343 e. The lowest BCUT2D eigenvalue weighted by Crippen LogP contribution is -2.42. The average Bonchev–Trinajstić information content (AvgIpc) is 2.89. The van der Waals surface area contributed by atoms with Gasteiger partial charge >= 0.3 is 0 Å². The van der Waals surface area contributed by atoms with Crippen LogP contribution in [0.4, 0.5) is 5.69 Å². The fraction of sp³-hybridized carbons (Fsp3) is 0.458. The molecule has 2 aromatic carbocycles. The Kier molecular flexibility index (Phi) is 4.84. The first kappa shape index (κ1) is 17.3. The highest BCUT2D eigenvalue weighted by atomic mass is 15.0. The minimum absolute atomic E-state index is 0.208. The second-order valence-electron chi connectivity index (χ2n) is 8.24. The van der Waals surface area contributed by atoms with E-state index < -0.39 is 0 Å². The monoisotopic (exact) mass is 346 g/mol. The summed E-state index contributed by atoms with van der Waals surface area (Å²) < 4.78 is 0. The van der Waals surface area contributed by atoms with Crippen LogP contribution in [0.25, 0.3) is 0 Å². The Morgan fingerprint density at radius 2 is 1.62 bits per heavy atom. The van der Waals surface area contributed by atoms with Crippen molar-refractivity contribution in [1.82, 2.24) is 0 Å². The Morgan fingerprint density at radius 3 is 2.35 bits per heavy atom. The zero-order chi connectivity index (χ0) is 18.0. The normalized spacial score (nSPS) is 20.5. The number of amidine groups is 1. The Hall–Kier alpha value is -2.09. The van der Waals surface area contributed by atoms with Crippen molar-refractivity contribution in [1.29, 1.82) is 0 Å². The van der Waals surface area contributed by atoms with Gasteiger partial charge in [-0.3, -0.25) is 4.99 Å². The Bertz CT molecular complexity index is 796. The van der Waals surface area contributed by atoms with Gasteiger partial charge in [0.2, 0.25) is 0 Å². The zero-order valence-corrected chi connectivity index (χ0v) is 16.1. The summed E-state index contributed by atoms with van der Waals surface area (Å²) in [6, 6.07) is 15.3. The summed E-state index contributed by atoms with van der Waals surface area (Å²) in [7, 11) is 0. The molecule has 2 heteroatoms. The Balaban J connectivity index is 1.71. The first-order valence-electron chi connectivity index (χ1n) is 10.1. The van der Waals surface area contributed by atoms with Gasteiger partial charge in [-0.2, -0.15) is 0 Å². The van der Waals surface area contributed by atoms with E-state index in [4.69, 9.17) is 4.99 Å². The van der Waals surface area contributed by atoms with Crippen LogP contribution in [0.5, 0.6) is 0 Å². The topological polar surface area (TPSA) is 24.4 Å². The zero-order valence-electron chi connectivity index (χ0n) is 16.1. The van der Waals surface area contributed by atoms with Crippen LogP contribution < -0.4 is 5.32 Å². The number of aliphatic imine (C=N–C) groups is 1. The molecule has 1 heterocycles. The highest BCUT2D eigenvalue weighted by Crippen LogP contribution is 2.44. The van der Waals surface area contributed by atoms with Crippen LogP contribution >= 0.6 is 0 Å². The van der Waals surface area contributed by atoms with Crippen molar-refractivity contribution < 1.29 is 0 Å². The van der Waals surface area contributed by atoms with Crippen molar-refractivity contribution in [2.45, 2.75) is 65.3 Å². The maximum atomic E-state index is 5.13. The molecule has 1 N–H and O–H groups in total. The lowest BCUT2D eigenvalue weighted by atomic mass is 9.71. The maximum Gasteiger partial charge on any atom is 0.108 e.